The summed E-state index contributed by atoms with van der Waals surface area (Å²) in [6, 6.07) is 8.06. The largest absolute Gasteiger partial charge is 0.388 e. The second kappa shape index (κ2) is 4.76. The number of nitrogens with zero attached hydrogens (tertiary/aromatic N) is 3. The molecular formula is C11H12BrN3O. The lowest BCUT2D eigenvalue weighted by molar-refractivity contribution is 0.266. The molecular weight excluding hydrogens is 270 g/mol. The summed E-state index contributed by atoms with van der Waals surface area (Å²) < 4.78 is 2.87. The molecule has 0 radical (unpaired) electrons. The first kappa shape index (κ1) is 11.3. The Bertz CT molecular complexity index is 496. The van der Waals surface area contributed by atoms with Crippen LogP contribution in [-0.2, 0) is 20.1 Å². The maximum Gasteiger partial charge on any atom is 0.158 e. The van der Waals surface area contributed by atoms with Gasteiger partial charge in [-0.05, 0) is 17.7 Å². The summed E-state index contributed by atoms with van der Waals surface area (Å²) in [6.07, 6.45) is 0.711. The number of rotatable bonds is 3. The van der Waals surface area contributed by atoms with Crippen molar-refractivity contribution in [2.24, 2.45) is 7.05 Å². The topological polar surface area (TPSA) is 50.9 Å². The highest BCUT2D eigenvalue weighted by Crippen LogP contribution is 2.14. The van der Waals surface area contributed by atoms with Gasteiger partial charge in [0.25, 0.3) is 0 Å². The lowest BCUT2D eigenvalue weighted by Crippen LogP contribution is -2.03. The van der Waals surface area contributed by atoms with Crippen molar-refractivity contribution >= 4 is 15.9 Å². The standard InChI is InChI=1S/C11H12BrN3O/c1-15-10(13-14-11(15)7-16)6-8-3-2-4-9(12)5-8/h2-5,16H,6-7H2,1H3. The highest BCUT2D eigenvalue weighted by atomic mass is 79.9. The van der Waals surface area contributed by atoms with E-state index in [0.29, 0.717) is 12.2 Å². The van der Waals surface area contributed by atoms with Gasteiger partial charge in [-0.15, -0.1) is 10.2 Å². The van der Waals surface area contributed by atoms with Gasteiger partial charge in [0.2, 0.25) is 0 Å². The van der Waals surface area contributed by atoms with Crippen LogP contribution in [-0.4, -0.2) is 19.9 Å². The average molecular weight is 282 g/mol. The van der Waals surface area contributed by atoms with Crippen molar-refractivity contribution in [2.45, 2.75) is 13.0 Å². The summed E-state index contributed by atoms with van der Waals surface area (Å²) in [6.45, 7) is -0.0814. The fraction of sp³-hybridized carbons (Fsp3) is 0.273. The minimum Gasteiger partial charge on any atom is -0.388 e. The van der Waals surface area contributed by atoms with Crippen molar-refractivity contribution in [3.8, 4) is 0 Å². The fourth-order valence-corrected chi connectivity index (χ4v) is 1.97. The van der Waals surface area contributed by atoms with Gasteiger partial charge in [0.15, 0.2) is 5.82 Å². The molecule has 1 heterocycles. The van der Waals surface area contributed by atoms with Crippen LogP contribution in [0.15, 0.2) is 28.7 Å². The Balaban J connectivity index is 2.24. The van der Waals surface area contributed by atoms with Gasteiger partial charge >= 0.3 is 0 Å². The molecule has 0 aliphatic heterocycles. The molecule has 5 heteroatoms. The first-order valence-electron chi connectivity index (χ1n) is 4.93. The minimum absolute atomic E-state index is 0.0814. The SMILES string of the molecule is Cn1c(CO)nnc1Cc1cccc(Br)c1. The molecule has 1 N–H and O–H groups in total. The van der Waals surface area contributed by atoms with Crippen LogP contribution in [0.5, 0.6) is 0 Å². The molecule has 4 nitrogen and oxygen atoms in total. The number of hydrogen-bond acceptors (Lipinski definition) is 3. The number of benzene rings is 1. The molecule has 1 aromatic carbocycles. The lowest BCUT2D eigenvalue weighted by atomic mass is 10.1. The van der Waals surface area contributed by atoms with E-state index in [2.05, 4.69) is 26.1 Å². The summed E-state index contributed by atoms with van der Waals surface area (Å²) in [5.74, 6) is 1.44. The molecule has 0 aliphatic rings. The zero-order valence-electron chi connectivity index (χ0n) is 8.89. The third-order valence-electron chi connectivity index (χ3n) is 2.45. The fourth-order valence-electron chi connectivity index (χ4n) is 1.52. The van der Waals surface area contributed by atoms with Crippen LogP contribution in [0.3, 0.4) is 0 Å². The molecule has 0 saturated carbocycles. The van der Waals surface area contributed by atoms with Crippen LogP contribution in [0.4, 0.5) is 0 Å². The molecule has 2 aromatic rings. The summed E-state index contributed by atoms with van der Waals surface area (Å²) in [4.78, 5) is 0. The Morgan fingerprint density at radius 2 is 2.06 bits per heavy atom. The van der Waals surface area contributed by atoms with Crippen molar-refractivity contribution in [3.63, 3.8) is 0 Å². The Hall–Kier alpha value is -1.20. The molecule has 16 heavy (non-hydrogen) atoms. The monoisotopic (exact) mass is 281 g/mol. The molecule has 0 bridgehead atoms. The zero-order valence-corrected chi connectivity index (χ0v) is 10.5. The molecule has 0 amide bonds. The molecule has 0 spiro atoms. The van der Waals surface area contributed by atoms with Gasteiger partial charge in [0.05, 0.1) is 0 Å². The first-order valence-corrected chi connectivity index (χ1v) is 5.72. The Labute approximate surface area is 102 Å². The molecule has 1 aromatic heterocycles. The van der Waals surface area contributed by atoms with Gasteiger partial charge in [-0.3, -0.25) is 0 Å². The van der Waals surface area contributed by atoms with E-state index in [0.717, 1.165) is 15.9 Å². The molecule has 0 saturated heterocycles. The van der Waals surface area contributed by atoms with Crippen LogP contribution in [0.25, 0.3) is 0 Å². The van der Waals surface area contributed by atoms with E-state index in [1.54, 1.807) is 0 Å². The van der Waals surface area contributed by atoms with Crippen LogP contribution in [0, 0.1) is 0 Å². The van der Waals surface area contributed by atoms with E-state index in [1.807, 2.05) is 35.9 Å². The zero-order chi connectivity index (χ0) is 11.5. The number of hydrogen-bond donors (Lipinski definition) is 1. The number of halogens is 1. The van der Waals surface area contributed by atoms with Crippen LogP contribution in [0.2, 0.25) is 0 Å². The van der Waals surface area contributed by atoms with Crippen LogP contribution in [0.1, 0.15) is 17.2 Å². The number of aliphatic hydroxyl groups is 1. The summed E-state index contributed by atoms with van der Waals surface area (Å²) in [7, 11) is 1.86. The van der Waals surface area contributed by atoms with Crippen molar-refractivity contribution in [2.75, 3.05) is 0 Å². The lowest BCUT2D eigenvalue weighted by Gasteiger charge is -2.03. The van der Waals surface area contributed by atoms with E-state index in [1.165, 1.54) is 0 Å². The molecule has 0 unspecified atom stereocenters. The molecule has 84 valence electrons. The summed E-state index contributed by atoms with van der Waals surface area (Å²) >= 11 is 3.43. The number of aromatic nitrogens is 3. The molecule has 0 aliphatic carbocycles. The quantitative estimate of drug-likeness (QED) is 0.931. The van der Waals surface area contributed by atoms with Crippen LogP contribution < -0.4 is 0 Å². The smallest absolute Gasteiger partial charge is 0.158 e. The van der Waals surface area contributed by atoms with Gasteiger partial charge < -0.3 is 9.67 Å². The first-order chi connectivity index (χ1) is 7.70. The molecule has 2 rings (SSSR count). The Kier molecular flexibility index (Phi) is 3.36. The van der Waals surface area contributed by atoms with Gasteiger partial charge in [-0.2, -0.15) is 0 Å². The van der Waals surface area contributed by atoms with E-state index >= 15 is 0 Å². The van der Waals surface area contributed by atoms with Crippen molar-refractivity contribution in [1.82, 2.24) is 14.8 Å². The number of aliphatic hydroxyl groups excluding tert-OH is 1. The maximum atomic E-state index is 9.01. The average Bonchev–Trinajstić information content (AvgIpc) is 2.60. The van der Waals surface area contributed by atoms with Gasteiger partial charge in [0, 0.05) is 17.9 Å². The summed E-state index contributed by atoms with van der Waals surface area (Å²) in [5, 5.41) is 17.0. The predicted molar refractivity (Wildman–Crippen MR) is 63.9 cm³/mol. The molecule has 0 atom stereocenters. The maximum absolute atomic E-state index is 9.01. The highest BCUT2D eigenvalue weighted by Gasteiger charge is 2.08. The van der Waals surface area contributed by atoms with Crippen molar-refractivity contribution in [1.29, 1.82) is 0 Å². The van der Waals surface area contributed by atoms with Crippen LogP contribution >= 0.6 is 15.9 Å². The third kappa shape index (κ3) is 2.31. The van der Waals surface area contributed by atoms with E-state index < -0.39 is 0 Å². The van der Waals surface area contributed by atoms with Gasteiger partial charge in [-0.1, -0.05) is 28.1 Å². The van der Waals surface area contributed by atoms with Gasteiger partial charge in [-0.25, -0.2) is 0 Å². The summed E-state index contributed by atoms with van der Waals surface area (Å²) in [5.41, 5.74) is 1.16. The van der Waals surface area contributed by atoms with E-state index in [4.69, 9.17) is 5.11 Å². The second-order valence-electron chi connectivity index (χ2n) is 3.56. The van der Waals surface area contributed by atoms with Crippen molar-refractivity contribution < 1.29 is 5.11 Å². The van der Waals surface area contributed by atoms with E-state index in [-0.39, 0.29) is 6.61 Å². The normalized spacial score (nSPS) is 10.7. The van der Waals surface area contributed by atoms with Gasteiger partial charge in [0.1, 0.15) is 12.4 Å². The molecule has 0 fully saturated rings. The third-order valence-corrected chi connectivity index (χ3v) is 2.94. The predicted octanol–water partition coefficient (Wildman–Crippen LogP) is 1.66. The van der Waals surface area contributed by atoms with E-state index in [9.17, 15) is 0 Å². The Morgan fingerprint density at radius 1 is 1.31 bits per heavy atom. The second-order valence-corrected chi connectivity index (χ2v) is 4.47. The Morgan fingerprint density at radius 3 is 2.69 bits per heavy atom. The highest BCUT2D eigenvalue weighted by molar-refractivity contribution is 9.10. The van der Waals surface area contributed by atoms with Crippen molar-refractivity contribution in [3.05, 3.63) is 46.0 Å². The minimum atomic E-state index is -0.0814.